The van der Waals surface area contributed by atoms with E-state index in [2.05, 4.69) is 20.3 Å². The molecule has 0 spiro atoms. The van der Waals surface area contributed by atoms with Crippen LogP contribution in [0, 0.1) is 20.8 Å². The monoisotopic (exact) mass is 202 g/mol. The van der Waals surface area contributed by atoms with E-state index in [9.17, 15) is 0 Å². The van der Waals surface area contributed by atoms with Crippen LogP contribution in [0.3, 0.4) is 0 Å². The highest BCUT2D eigenvalue weighted by molar-refractivity contribution is 5.56. The van der Waals surface area contributed by atoms with Crippen molar-refractivity contribution >= 4 is 11.6 Å². The van der Waals surface area contributed by atoms with E-state index < -0.39 is 0 Å². The third-order valence-electron chi connectivity index (χ3n) is 2.18. The standard InChI is InChI=1S/C11H14N4/c1-7-4-5-10(9(3)13-7)15-11-12-6-8(2)14-11/h4-6H,1-3H3,(H2,12,14,15). The van der Waals surface area contributed by atoms with E-state index >= 15 is 0 Å². The highest BCUT2D eigenvalue weighted by Gasteiger charge is 2.02. The molecule has 2 aromatic heterocycles. The molecule has 0 atom stereocenters. The van der Waals surface area contributed by atoms with Crippen LogP contribution in [0.25, 0.3) is 0 Å². The summed E-state index contributed by atoms with van der Waals surface area (Å²) in [5.41, 5.74) is 4.02. The molecule has 0 radical (unpaired) electrons. The highest BCUT2D eigenvalue weighted by atomic mass is 15.1. The maximum atomic E-state index is 4.37. The van der Waals surface area contributed by atoms with Crippen molar-refractivity contribution in [1.82, 2.24) is 15.0 Å². The summed E-state index contributed by atoms with van der Waals surface area (Å²) in [5, 5.41) is 3.19. The number of nitrogens with zero attached hydrogens (tertiary/aromatic N) is 2. The Morgan fingerprint density at radius 1 is 1.20 bits per heavy atom. The van der Waals surface area contributed by atoms with Gasteiger partial charge in [0.1, 0.15) is 0 Å². The van der Waals surface area contributed by atoms with Gasteiger partial charge in [0.05, 0.1) is 11.4 Å². The largest absolute Gasteiger partial charge is 0.328 e. The lowest BCUT2D eigenvalue weighted by molar-refractivity contribution is 1.12. The molecule has 0 aliphatic rings. The van der Waals surface area contributed by atoms with E-state index in [0.717, 1.165) is 28.7 Å². The molecule has 4 nitrogen and oxygen atoms in total. The SMILES string of the molecule is Cc1ccc(Nc2ncc(C)[nH]2)c(C)n1. The number of hydrogen-bond donors (Lipinski definition) is 2. The van der Waals surface area contributed by atoms with Crippen molar-refractivity contribution in [3.63, 3.8) is 0 Å². The summed E-state index contributed by atoms with van der Waals surface area (Å²) < 4.78 is 0. The quantitative estimate of drug-likeness (QED) is 0.786. The van der Waals surface area contributed by atoms with Gasteiger partial charge >= 0.3 is 0 Å². The zero-order chi connectivity index (χ0) is 10.8. The molecule has 0 aliphatic carbocycles. The lowest BCUT2D eigenvalue weighted by Gasteiger charge is -2.06. The minimum atomic E-state index is 0.751. The van der Waals surface area contributed by atoms with Crippen LogP contribution in [0.2, 0.25) is 0 Å². The normalized spacial score (nSPS) is 10.3. The maximum absolute atomic E-state index is 4.37. The molecule has 0 saturated heterocycles. The van der Waals surface area contributed by atoms with Gasteiger partial charge in [-0.3, -0.25) is 4.98 Å². The van der Waals surface area contributed by atoms with E-state index in [-0.39, 0.29) is 0 Å². The average molecular weight is 202 g/mol. The van der Waals surface area contributed by atoms with Gasteiger partial charge in [-0.2, -0.15) is 0 Å². The molecular formula is C11H14N4. The summed E-state index contributed by atoms with van der Waals surface area (Å²) in [4.78, 5) is 11.7. The summed E-state index contributed by atoms with van der Waals surface area (Å²) in [6.45, 7) is 5.93. The first-order valence-electron chi connectivity index (χ1n) is 4.88. The van der Waals surface area contributed by atoms with E-state index in [1.54, 1.807) is 6.20 Å². The van der Waals surface area contributed by atoms with Crippen LogP contribution in [-0.4, -0.2) is 15.0 Å². The molecule has 0 bridgehead atoms. The Hall–Kier alpha value is -1.84. The second-order valence-electron chi connectivity index (χ2n) is 3.63. The van der Waals surface area contributed by atoms with Gasteiger partial charge in [-0.25, -0.2) is 4.98 Å². The smallest absolute Gasteiger partial charge is 0.204 e. The van der Waals surface area contributed by atoms with Crippen LogP contribution < -0.4 is 5.32 Å². The van der Waals surface area contributed by atoms with Crippen LogP contribution in [0.4, 0.5) is 11.6 Å². The summed E-state index contributed by atoms with van der Waals surface area (Å²) in [7, 11) is 0. The molecule has 0 amide bonds. The zero-order valence-electron chi connectivity index (χ0n) is 9.13. The topological polar surface area (TPSA) is 53.6 Å². The van der Waals surface area contributed by atoms with Crippen LogP contribution >= 0.6 is 0 Å². The Labute approximate surface area is 88.8 Å². The Bertz CT molecular complexity index is 473. The van der Waals surface area contributed by atoms with Crippen LogP contribution in [-0.2, 0) is 0 Å². The molecule has 78 valence electrons. The van der Waals surface area contributed by atoms with Crippen molar-refractivity contribution in [2.45, 2.75) is 20.8 Å². The molecule has 0 unspecified atom stereocenters. The predicted octanol–water partition coefficient (Wildman–Crippen LogP) is 2.47. The van der Waals surface area contributed by atoms with Gasteiger partial charge in [-0.05, 0) is 32.9 Å². The Kier molecular flexibility index (Phi) is 2.41. The fourth-order valence-corrected chi connectivity index (χ4v) is 1.42. The van der Waals surface area contributed by atoms with Crippen molar-refractivity contribution in [1.29, 1.82) is 0 Å². The molecule has 4 heteroatoms. The predicted molar refractivity (Wildman–Crippen MR) is 60.3 cm³/mol. The third-order valence-corrected chi connectivity index (χ3v) is 2.18. The van der Waals surface area contributed by atoms with Gasteiger partial charge in [0.2, 0.25) is 5.95 Å². The molecule has 2 rings (SSSR count). The van der Waals surface area contributed by atoms with E-state index in [4.69, 9.17) is 0 Å². The van der Waals surface area contributed by atoms with Crippen molar-refractivity contribution in [3.05, 3.63) is 35.4 Å². The van der Waals surface area contributed by atoms with Crippen LogP contribution in [0.15, 0.2) is 18.3 Å². The third kappa shape index (κ3) is 2.15. The molecule has 0 aliphatic heterocycles. The second kappa shape index (κ2) is 3.73. The highest BCUT2D eigenvalue weighted by Crippen LogP contribution is 2.16. The van der Waals surface area contributed by atoms with Crippen molar-refractivity contribution in [2.75, 3.05) is 5.32 Å². The first-order chi connectivity index (χ1) is 7.15. The minimum absolute atomic E-state index is 0.751. The summed E-state index contributed by atoms with van der Waals surface area (Å²) in [6, 6.07) is 3.99. The van der Waals surface area contributed by atoms with E-state index in [1.807, 2.05) is 32.9 Å². The lowest BCUT2D eigenvalue weighted by atomic mass is 10.3. The number of aryl methyl sites for hydroxylation is 3. The van der Waals surface area contributed by atoms with Gasteiger partial charge in [-0.1, -0.05) is 0 Å². The molecule has 15 heavy (non-hydrogen) atoms. The number of aromatic nitrogens is 3. The molecule has 2 heterocycles. The number of nitrogens with one attached hydrogen (secondary N) is 2. The van der Waals surface area contributed by atoms with Crippen molar-refractivity contribution in [2.24, 2.45) is 0 Å². The van der Waals surface area contributed by atoms with Gasteiger partial charge < -0.3 is 10.3 Å². The Morgan fingerprint density at radius 3 is 2.60 bits per heavy atom. The maximum Gasteiger partial charge on any atom is 0.204 e. The first-order valence-corrected chi connectivity index (χ1v) is 4.88. The van der Waals surface area contributed by atoms with E-state index in [1.165, 1.54) is 0 Å². The molecule has 0 fully saturated rings. The Morgan fingerprint density at radius 2 is 2.00 bits per heavy atom. The molecule has 2 N–H and O–H groups in total. The minimum Gasteiger partial charge on any atom is -0.328 e. The number of anilines is 2. The fraction of sp³-hybridized carbons (Fsp3) is 0.273. The number of pyridine rings is 1. The zero-order valence-corrected chi connectivity index (χ0v) is 9.13. The average Bonchev–Trinajstić information content (AvgIpc) is 2.56. The van der Waals surface area contributed by atoms with Gasteiger partial charge in [-0.15, -0.1) is 0 Å². The molecular weight excluding hydrogens is 188 g/mol. The molecule has 0 aromatic carbocycles. The van der Waals surface area contributed by atoms with E-state index in [0.29, 0.717) is 0 Å². The van der Waals surface area contributed by atoms with Gasteiger partial charge in [0.25, 0.3) is 0 Å². The number of rotatable bonds is 2. The Balaban J connectivity index is 2.24. The number of H-pyrrole nitrogens is 1. The van der Waals surface area contributed by atoms with Gasteiger partial charge in [0.15, 0.2) is 0 Å². The van der Waals surface area contributed by atoms with Crippen LogP contribution in [0.5, 0.6) is 0 Å². The van der Waals surface area contributed by atoms with Gasteiger partial charge in [0, 0.05) is 17.6 Å². The second-order valence-corrected chi connectivity index (χ2v) is 3.63. The summed E-state index contributed by atoms with van der Waals surface area (Å²) >= 11 is 0. The first kappa shape index (κ1) is 9.71. The molecule has 0 saturated carbocycles. The number of imidazole rings is 1. The van der Waals surface area contributed by atoms with Crippen LogP contribution in [0.1, 0.15) is 17.1 Å². The fourth-order valence-electron chi connectivity index (χ4n) is 1.42. The molecule has 2 aromatic rings. The summed E-state index contributed by atoms with van der Waals surface area (Å²) in [5.74, 6) is 0.751. The summed E-state index contributed by atoms with van der Waals surface area (Å²) in [6.07, 6.45) is 1.79. The van der Waals surface area contributed by atoms with Crippen molar-refractivity contribution in [3.8, 4) is 0 Å². The number of aromatic amines is 1. The lowest BCUT2D eigenvalue weighted by Crippen LogP contribution is -1.97. The number of hydrogen-bond acceptors (Lipinski definition) is 3. The van der Waals surface area contributed by atoms with Crippen molar-refractivity contribution < 1.29 is 0 Å².